The van der Waals surface area contributed by atoms with Gasteiger partial charge < -0.3 is 10.1 Å². The van der Waals surface area contributed by atoms with E-state index in [1.807, 2.05) is 11.8 Å². The molecule has 0 bridgehead atoms. The number of nitrogens with zero attached hydrogens (tertiary/aromatic N) is 1. The van der Waals surface area contributed by atoms with Gasteiger partial charge in [-0.15, -0.1) is 11.8 Å². The lowest BCUT2D eigenvalue weighted by Crippen LogP contribution is -2.27. The van der Waals surface area contributed by atoms with Crippen molar-refractivity contribution in [1.82, 2.24) is 4.98 Å². The Hall–Kier alpha value is -3.57. The molecule has 0 saturated carbocycles. The van der Waals surface area contributed by atoms with Crippen LogP contribution in [0.5, 0.6) is 0 Å². The molecule has 0 unspecified atom stereocenters. The molecule has 4 rings (SSSR count). The van der Waals surface area contributed by atoms with E-state index in [4.69, 9.17) is 4.74 Å². The normalized spacial score (nSPS) is 11.1. The lowest BCUT2D eigenvalue weighted by atomic mass is 9.84. The van der Waals surface area contributed by atoms with Crippen molar-refractivity contribution >= 4 is 23.5 Å². The summed E-state index contributed by atoms with van der Waals surface area (Å²) >= 11 is 1.87. The molecule has 1 heterocycles. The average Bonchev–Trinajstić information content (AvgIpc) is 2.91. The quantitative estimate of drug-likeness (QED) is 0.166. The highest BCUT2D eigenvalue weighted by Gasteiger charge is 2.36. The summed E-state index contributed by atoms with van der Waals surface area (Å²) in [6.07, 6.45) is 1.68. The second kappa shape index (κ2) is 11.5. The van der Waals surface area contributed by atoms with Gasteiger partial charge in [-0.1, -0.05) is 91.0 Å². The number of rotatable bonds is 10. The second-order valence-electron chi connectivity index (χ2n) is 7.67. The molecule has 0 spiro atoms. The summed E-state index contributed by atoms with van der Waals surface area (Å²) < 4.78 is 4.80. The third-order valence-corrected chi connectivity index (χ3v) is 7.11. The van der Waals surface area contributed by atoms with E-state index in [9.17, 15) is 4.79 Å². The molecule has 0 fully saturated rings. The Morgan fingerprint density at radius 1 is 0.824 bits per heavy atom. The highest BCUT2D eigenvalue weighted by atomic mass is 32.2. The van der Waals surface area contributed by atoms with Gasteiger partial charge in [0.1, 0.15) is 11.4 Å². The number of thioether (sulfide) groups is 1. The van der Waals surface area contributed by atoms with Crippen LogP contribution in [-0.4, -0.2) is 29.9 Å². The lowest BCUT2D eigenvalue weighted by molar-refractivity contribution is 0.0527. The first-order valence-electron chi connectivity index (χ1n) is 11.4. The van der Waals surface area contributed by atoms with E-state index >= 15 is 0 Å². The molecule has 4 aromatic rings. The molecule has 0 aliphatic heterocycles. The van der Waals surface area contributed by atoms with Crippen LogP contribution < -0.4 is 5.32 Å². The number of benzene rings is 3. The first-order chi connectivity index (χ1) is 16.8. The van der Waals surface area contributed by atoms with Crippen LogP contribution in [0.2, 0.25) is 0 Å². The zero-order valence-corrected chi connectivity index (χ0v) is 20.0. The molecular weight excluding hydrogens is 440 g/mol. The maximum atomic E-state index is 12.3. The van der Waals surface area contributed by atoms with Gasteiger partial charge >= 0.3 is 5.97 Å². The number of hydrogen-bond donors (Lipinski definition) is 1. The maximum absolute atomic E-state index is 12.3. The standard InChI is InChI=1S/C29H28N2O2S/c1-2-33-28(32)26-19-12-20-30-27(26)31-21-22-34-29(23-13-6-3-7-14-23,24-15-8-4-9-16-24)25-17-10-5-11-18-25/h3-20H,2,21-22H2,1H3,(H,30,31). The fourth-order valence-electron chi connectivity index (χ4n) is 4.06. The van der Waals surface area contributed by atoms with E-state index in [0.717, 1.165) is 5.75 Å². The summed E-state index contributed by atoms with van der Waals surface area (Å²) in [7, 11) is 0. The van der Waals surface area contributed by atoms with Gasteiger partial charge in [0, 0.05) is 18.5 Å². The van der Waals surface area contributed by atoms with Crippen LogP contribution in [0.1, 0.15) is 34.0 Å². The smallest absolute Gasteiger partial charge is 0.341 e. The van der Waals surface area contributed by atoms with Gasteiger partial charge in [0.25, 0.3) is 0 Å². The third kappa shape index (κ3) is 5.15. The molecule has 0 radical (unpaired) electrons. The number of nitrogens with one attached hydrogen (secondary N) is 1. The van der Waals surface area contributed by atoms with Crippen LogP contribution in [0.4, 0.5) is 5.82 Å². The molecule has 0 saturated heterocycles. The van der Waals surface area contributed by atoms with Crippen molar-refractivity contribution in [2.75, 3.05) is 24.2 Å². The van der Waals surface area contributed by atoms with Crippen LogP contribution >= 0.6 is 11.8 Å². The summed E-state index contributed by atoms with van der Waals surface area (Å²) in [6, 6.07) is 35.3. The number of aromatic nitrogens is 1. The Kier molecular flexibility index (Phi) is 7.99. The molecule has 0 aliphatic carbocycles. The zero-order valence-electron chi connectivity index (χ0n) is 19.2. The molecule has 1 N–H and O–H groups in total. The zero-order chi connectivity index (χ0) is 23.6. The highest BCUT2D eigenvalue weighted by molar-refractivity contribution is 8.00. The van der Waals surface area contributed by atoms with Gasteiger partial charge in [0.2, 0.25) is 0 Å². The Morgan fingerprint density at radius 2 is 1.35 bits per heavy atom. The molecule has 1 aromatic heterocycles. The first-order valence-corrected chi connectivity index (χ1v) is 12.4. The minimum atomic E-state index is -0.375. The van der Waals surface area contributed by atoms with Crippen LogP contribution in [0.3, 0.4) is 0 Å². The molecule has 0 aliphatic rings. The molecule has 5 heteroatoms. The van der Waals surface area contributed by atoms with Crippen molar-refractivity contribution in [3.05, 3.63) is 132 Å². The largest absolute Gasteiger partial charge is 0.462 e. The fourth-order valence-corrected chi connectivity index (χ4v) is 5.48. The lowest BCUT2D eigenvalue weighted by Gasteiger charge is -2.35. The van der Waals surface area contributed by atoms with Gasteiger partial charge in [-0.05, 0) is 35.7 Å². The second-order valence-corrected chi connectivity index (χ2v) is 8.98. The maximum Gasteiger partial charge on any atom is 0.341 e. The Labute approximate surface area is 205 Å². The monoisotopic (exact) mass is 468 g/mol. The number of hydrogen-bond acceptors (Lipinski definition) is 5. The number of ether oxygens (including phenoxy) is 1. The highest BCUT2D eigenvalue weighted by Crippen LogP contribution is 2.48. The number of esters is 1. The van der Waals surface area contributed by atoms with E-state index in [0.29, 0.717) is 24.5 Å². The molecule has 34 heavy (non-hydrogen) atoms. The molecule has 0 amide bonds. The van der Waals surface area contributed by atoms with Crippen LogP contribution in [0, 0.1) is 0 Å². The SMILES string of the molecule is CCOC(=O)c1cccnc1NCCSC(c1ccccc1)(c1ccccc1)c1ccccc1. The van der Waals surface area contributed by atoms with Gasteiger partial charge in [0.05, 0.1) is 11.4 Å². The fraction of sp³-hybridized carbons (Fsp3) is 0.172. The van der Waals surface area contributed by atoms with Crippen LogP contribution in [-0.2, 0) is 9.48 Å². The molecule has 0 atom stereocenters. The molecule has 172 valence electrons. The molecule has 4 nitrogen and oxygen atoms in total. The van der Waals surface area contributed by atoms with Crippen molar-refractivity contribution in [1.29, 1.82) is 0 Å². The summed E-state index contributed by atoms with van der Waals surface area (Å²) in [5, 5.41) is 3.35. The summed E-state index contributed by atoms with van der Waals surface area (Å²) in [6.45, 7) is 2.77. The first kappa shape index (κ1) is 23.6. The van der Waals surface area contributed by atoms with Crippen molar-refractivity contribution < 1.29 is 9.53 Å². The number of anilines is 1. The van der Waals surface area contributed by atoms with Crippen LogP contribution in [0.15, 0.2) is 109 Å². The van der Waals surface area contributed by atoms with E-state index < -0.39 is 0 Å². The van der Waals surface area contributed by atoms with Crippen LogP contribution in [0.25, 0.3) is 0 Å². The van der Waals surface area contributed by atoms with Gasteiger partial charge in [-0.25, -0.2) is 9.78 Å². The minimum absolute atomic E-state index is 0.330. The topological polar surface area (TPSA) is 51.2 Å². The Balaban J connectivity index is 1.63. The summed E-state index contributed by atoms with van der Waals surface area (Å²) in [5.41, 5.74) is 4.13. The predicted octanol–water partition coefficient (Wildman–Crippen LogP) is 6.40. The minimum Gasteiger partial charge on any atom is -0.462 e. The van der Waals surface area contributed by atoms with Crippen molar-refractivity contribution in [2.45, 2.75) is 11.7 Å². The van der Waals surface area contributed by atoms with E-state index in [1.165, 1.54) is 16.7 Å². The van der Waals surface area contributed by atoms with Gasteiger partial charge in [0.15, 0.2) is 0 Å². The van der Waals surface area contributed by atoms with Crippen molar-refractivity contribution in [2.24, 2.45) is 0 Å². The van der Waals surface area contributed by atoms with E-state index in [2.05, 4.69) is 101 Å². The predicted molar refractivity (Wildman–Crippen MR) is 140 cm³/mol. The van der Waals surface area contributed by atoms with E-state index in [-0.39, 0.29) is 10.7 Å². The summed E-state index contributed by atoms with van der Waals surface area (Å²) in [4.78, 5) is 16.7. The van der Waals surface area contributed by atoms with Gasteiger partial charge in [-0.3, -0.25) is 0 Å². The number of carbonyl (C=O) groups excluding carboxylic acids is 1. The molecular formula is C29H28N2O2S. The van der Waals surface area contributed by atoms with Crippen molar-refractivity contribution in [3.8, 4) is 0 Å². The Bertz CT molecular complexity index is 1090. The molecule has 3 aromatic carbocycles. The third-order valence-electron chi connectivity index (χ3n) is 5.56. The average molecular weight is 469 g/mol. The number of carbonyl (C=O) groups is 1. The number of pyridine rings is 1. The van der Waals surface area contributed by atoms with E-state index in [1.54, 1.807) is 25.3 Å². The Morgan fingerprint density at radius 3 is 1.85 bits per heavy atom. The van der Waals surface area contributed by atoms with Gasteiger partial charge in [-0.2, -0.15) is 0 Å². The van der Waals surface area contributed by atoms with Crippen molar-refractivity contribution in [3.63, 3.8) is 0 Å². The summed E-state index contributed by atoms with van der Waals surface area (Å²) in [5.74, 6) is 0.974.